The molecule has 0 saturated carbocycles. The second kappa shape index (κ2) is 7.20. The summed E-state index contributed by atoms with van der Waals surface area (Å²) >= 11 is 0. The van der Waals surface area contributed by atoms with Crippen molar-refractivity contribution in [2.45, 2.75) is 13.3 Å². The van der Waals surface area contributed by atoms with E-state index >= 15 is 0 Å². The molecule has 0 amide bonds. The lowest BCUT2D eigenvalue weighted by molar-refractivity contribution is -0.944. The van der Waals surface area contributed by atoms with Gasteiger partial charge in [-0.05, 0) is 6.92 Å². The molecule has 1 unspecified atom stereocenters. The first-order valence-electron chi connectivity index (χ1n) is 7.53. The first kappa shape index (κ1) is 18.9. The standard InChI is InChI=1S/C15H20F5N2O2/c1-4-22(2,3)15(21-5-7-23-8-6-21)24-14-12(19)10(17)9(16)11(18)13(14)20/h15H,4-8H2,1-3H3/q+1. The lowest BCUT2D eigenvalue weighted by Gasteiger charge is -2.43. The van der Waals surface area contributed by atoms with E-state index in [4.69, 9.17) is 9.47 Å². The molecule has 2 rings (SSSR count). The maximum atomic E-state index is 13.9. The predicted octanol–water partition coefficient (Wildman–Crippen LogP) is 2.47. The molecule has 0 spiro atoms. The highest BCUT2D eigenvalue weighted by Gasteiger charge is 2.38. The number of halogens is 5. The first-order chi connectivity index (χ1) is 11.2. The van der Waals surface area contributed by atoms with E-state index in [0.717, 1.165) is 0 Å². The molecule has 1 fully saturated rings. The van der Waals surface area contributed by atoms with Crippen molar-refractivity contribution in [2.75, 3.05) is 46.9 Å². The van der Waals surface area contributed by atoms with Gasteiger partial charge in [-0.1, -0.05) is 0 Å². The minimum Gasteiger partial charge on any atom is -0.423 e. The summed E-state index contributed by atoms with van der Waals surface area (Å²) in [6.07, 6.45) is -0.924. The van der Waals surface area contributed by atoms with Crippen LogP contribution in [0.15, 0.2) is 0 Å². The van der Waals surface area contributed by atoms with Crippen molar-refractivity contribution in [1.82, 2.24) is 4.90 Å². The monoisotopic (exact) mass is 355 g/mol. The Morgan fingerprint density at radius 2 is 1.42 bits per heavy atom. The van der Waals surface area contributed by atoms with Gasteiger partial charge < -0.3 is 9.47 Å². The minimum absolute atomic E-state index is 0.138. The zero-order valence-corrected chi connectivity index (χ0v) is 13.7. The van der Waals surface area contributed by atoms with Crippen LogP contribution in [0.25, 0.3) is 0 Å². The zero-order chi connectivity index (χ0) is 18.1. The van der Waals surface area contributed by atoms with Crippen LogP contribution in [-0.2, 0) is 4.74 Å². The number of quaternary nitrogens is 1. The van der Waals surface area contributed by atoms with E-state index in [2.05, 4.69) is 0 Å². The molecule has 4 nitrogen and oxygen atoms in total. The van der Waals surface area contributed by atoms with E-state index in [1.807, 2.05) is 6.92 Å². The van der Waals surface area contributed by atoms with Crippen LogP contribution < -0.4 is 4.74 Å². The van der Waals surface area contributed by atoms with Crippen LogP contribution in [0.4, 0.5) is 22.0 Å². The highest BCUT2D eigenvalue weighted by atomic mass is 19.2. The third-order valence-corrected chi connectivity index (χ3v) is 4.16. The molecule has 1 heterocycles. The lowest BCUT2D eigenvalue weighted by Crippen LogP contribution is -2.62. The Balaban J connectivity index is 2.43. The van der Waals surface area contributed by atoms with E-state index in [9.17, 15) is 22.0 Å². The van der Waals surface area contributed by atoms with Crippen molar-refractivity contribution in [3.63, 3.8) is 0 Å². The van der Waals surface area contributed by atoms with E-state index < -0.39 is 41.2 Å². The molecule has 24 heavy (non-hydrogen) atoms. The predicted molar refractivity (Wildman–Crippen MR) is 75.7 cm³/mol. The van der Waals surface area contributed by atoms with Crippen LogP contribution >= 0.6 is 0 Å². The van der Waals surface area contributed by atoms with Crippen LogP contribution in [-0.4, -0.2) is 62.7 Å². The van der Waals surface area contributed by atoms with Gasteiger partial charge in [-0.25, -0.2) is 18.1 Å². The average Bonchev–Trinajstić information content (AvgIpc) is 2.59. The molecule has 1 aliphatic heterocycles. The molecule has 0 bridgehead atoms. The summed E-state index contributed by atoms with van der Waals surface area (Å²) in [6.45, 7) is 3.96. The third kappa shape index (κ3) is 3.47. The smallest absolute Gasteiger partial charge is 0.297 e. The summed E-state index contributed by atoms with van der Waals surface area (Å²) in [5.74, 6) is -11.5. The summed E-state index contributed by atoms with van der Waals surface area (Å²) in [5.41, 5.74) is 0. The zero-order valence-electron chi connectivity index (χ0n) is 13.7. The molecule has 1 aromatic rings. The van der Waals surface area contributed by atoms with E-state index in [-0.39, 0.29) is 4.48 Å². The van der Waals surface area contributed by atoms with Gasteiger partial charge in [0.05, 0.1) is 33.9 Å². The Morgan fingerprint density at radius 1 is 0.958 bits per heavy atom. The second-order valence-electron chi connectivity index (χ2n) is 6.09. The number of hydrogen-bond acceptors (Lipinski definition) is 3. The van der Waals surface area contributed by atoms with Crippen LogP contribution in [0.1, 0.15) is 6.92 Å². The normalized spacial score (nSPS) is 17.8. The molecule has 1 atom stereocenters. The van der Waals surface area contributed by atoms with Gasteiger partial charge in [0.25, 0.3) is 6.35 Å². The molecule has 136 valence electrons. The number of hydrogen-bond donors (Lipinski definition) is 0. The molecule has 1 saturated heterocycles. The number of nitrogens with zero attached hydrogens (tertiary/aromatic N) is 2. The van der Waals surface area contributed by atoms with Gasteiger partial charge in [0, 0.05) is 13.1 Å². The Morgan fingerprint density at radius 3 is 1.88 bits per heavy atom. The van der Waals surface area contributed by atoms with Crippen molar-refractivity contribution in [1.29, 1.82) is 0 Å². The van der Waals surface area contributed by atoms with Gasteiger partial charge >= 0.3 is 0 Å². The molecule has 1 aromatic carbocycles. The molecule has 9 heteroatoms. The van der Waals surface area contributed by atoms with Crippen molar-refractivity contribution < 1.29 is 35.9 Å². The van der Waals surface area contributed by atoms with Gasteiger partial charge in [-0.3, -0.25) is 4.48 Å². The number of ether oxygens (including phenoxy) is 2. The second-order valence-corrected chi connectivity index (χ2v) is 6.09. The van der Waals surface area contributed by atoms with Crippen molar-refractivity contribution in [2.24, 2.45) is 0 Å². The van der Waals surface area contributed by atoms with E-state index in [0.29, 0.717) is 32.8 Å². The van der Waals surface area contributed by atoms with Crippen molar-refractivity contribution >= 4 is 0 Å². The molecule has 1 aliphatic rings. The molecular weight excluding hydrogens is 335 g/mol. The number of morpholine rings is 1. The molecule has 0 N–H and O–H groups in total. The van der Waals surface area contributed by atoms with E-state index in [1.165, 1.54) is 0 Å². The maximum Gasteiger partial charge on any atom is 0.297 e. The van der Waals surface area contributed by atoms with Gasteiger partial charge in [-0.2, -0.15) is 8.78 Å². The fourth-order valence-electron chi connectivity index (χ4n) is 2.41. The SMILES string of the molecule is CC[N+](C)(C)C(Oc1c(F)c(F)c(F)c(F)c1F)N1CCOCC1. The molecule has 0 radical (unpaired) electrons. The first-order valence-corrected chi connectivity index (χ1v) is 7.53. The van der Waals surface area contributed by atoms with Crippen LogP contribution in [0.2, 0.25) is 0 Å². The summed E-state index contributed by atoms with van der Waals surface area (Å²) in [5, 5.41) is 0. The van der Waals surface area contributed by atoms with Crippen LogP contribution in [0.3, 0.4) is 0 Å². The Kier molecular flexibility index (Phi) is 5.67. The minimum atomic E-state index is -2.20. The van der Waals surface area contributed by atoms with Gasteiger partial charge in [0.15, 0.2) is 0 Å². The molecule has 0 aromatic heterocycles. The fraction of sp³-hybridized carbons (Fsp3) is 0.600. The lowest BCUT2D eigenvalue weighted by atomic mass is 10.2. The largest absolute Gasteiger partial charge is 0.423 e. The van der Waals surface area contributed by atoms with Gasteiger partial charge in [0.2, 0.25) is 34.8 Å². The van der Waals surface area contributed by atoms with Gasteiger partial charge in [-0.15, -0.1) is 0 Å². The summed E-state index contributed by atoms with van der Waals surface area (Å²) in [4.78, 5) is 1.76. The quantitative estimate of drug-likeness (QED) is 0.266. The Bertz CT molecular complexity index is 577. The third-order valence-electron chi connectivity index (χ3n) is 4.16. The molecular formula is C15H20F5N2O2+. The fourth-order valence-corrected chi connectivity index (χ4v) is 2.41. The van der Waals surface area contributed by atoms with Gasteiger partial charge in [0.1, 0.15) is 0 Å². The number of benzene rings is 1. The topological polar surface area (TPSA) is 21.7 Å². The van der Waals surface area contributed by atoms with Crippen LogP contribution in [0.5, 0.6) is 5.75 Å². The van der Waals surface area contributed by atoms with Crippen molar-refractivity contribution in [3.8, 4) is 5.75 Å². The maximum absolute atomic E-state index is 13.9. The Labute approximate surface area is 136 Å². The van der Waals surface area contributed by atoms with Crippen LogP contribution in [0, 0.1) is 29.1 Å². The highest BCUT2D eigenvalue weighted by Crippen LogP contribution is 2.31. The number of rotatable bonds is 5. The average molecular weight is 355 g/mol. The van der Waals surface area contributed by atoms with E-state index in [1.54, 1.807) is 19.0 Å². The molecule has 0 aliphatic carbocycles. The summed E-state index contributed by atoms with van der Waals surface area (Å²) in [6, 6.07) is 0. The summed E-state index contributed by atoms with van der Waals surface area (Å²) in [7, 11) is 3.48. The van der Waals surface area contributed by atoms with Crippen molar-refractivity contribution in [3.05, 3.63) is 29.1 Å². The summed E-state index contributed by atoms with van der Waals surface area (Å²) < 4.78 is 78.5. The Hall–Kier alpha value is -1.45. The highest BCUT2D eigenvalue weighted by molar-refractivity contribution is 5.29.